The Morgan fingerprint density at radius 1 is 0.314 bits per heavy atom. The highest BCUT2D eigenvalue weighted by molar-refractivity contribution is 6.12. The fraction of sp³-hybridized carbons (Fsp3) is 0.0690. The summed E-state index contributed by atoms with van der Waals surface area (Å²) in [5, 5.41) is 29.0. The minimum absolute atomic E-state index is 0.655. The van der Waals surface area contributed by atoms with Gasteiger partial charge in [-0.2, -0.15) is 42.1 Å². The van der Waals surface area contributed by atoms with E-state index in [-0.39, 0.29) is 0 Å². The summed E-state index contributed by atoms with van der Waals surface area (Å²) >= 11 is 0. The number of nitrogens with zero attached hydrogens (tertiary/aromatic N) is 3. The van der Waals surface area contributed by atoms with Gasteiger partial charge < -0.3 is 0 Å². The van der Waals surface area contributed by atoms with Gasteiger partial charge in [0.2, 0.25) is 5.82 Å². The third kappa shape index (κ3) is 5.58. The molecule has 0 unspecified atom stereocenters. The van der Waals surface area contributed by atoms with Crippen LogP contribution < -0.4 is 0 Å². The Kier molecular flexibility index (Phi) is 9.21. The second kappa shape index (κ2) is 12.4. The second-order valence-corrected chi connectivity index (χ2v) is 9.54. The number of hydrogen-bond donors (Lipinski definition) is 0. The zero-order valence-corrected chi connectivity index (χ0v) is 23.0. The van der Waals surface area contributed by atoms with Gasteiger partial charge in [-0.25, -0.2) is 57.1 Å². The number of rotatable bonds is 3. The lowest BCUT2D eigenvalue weighted by Gasteiger charge is -2.14. The van der Waals surface area contributed by atoms with Gasteiger partial charge in [0.15, 0.2) is 69.8 Å². The normalized spacial score (nSPS) is 16.0. The molecule has 0 amide bonds. The molecule has 0 heterocycles. The maximum absolute atomic E-state index is 15.0. The van der Waals surface area contributed by atoms with Crippen molar-refractivity contribution in [1.29, 1.82) is 15.8 Å². The third-order valence-electron chi connectivity index (χ3n) is 6.83. The molecule has 0 saturated heterocycles. The van der Waals surface area contributed by atoms with E-state index in [9.17, 15) is 99.2 Å². The molecule has 3 nitrogen and oxygen atoms in total. The molecule has 0 bridgehead atoms. The summed E-state index contributed by atoms with van der Waals surface area (Å²) in [6, 6.07) is 2.02. The predicted octanol–water partition coefficient (Wildman–Crippen LogP) is 9.78. The van der Waals surface area contributed by atoms with Crippen molar-refractivity contribution >= 4 is 16.7 Å². The van der Waals surface area contributed by atoms with Gasteiger partial charge in [-0.05, 0) is 0 Å². The summed E-state index contributed by atoms with van der Waals surface area (Å²) in [7, 11) is 0. The molecule has 3 aromatic carbocycles. The van der Waals surface area contributed by atoms with E-state index in [0.29, 0.717) is 18.2 Å². The summed E-state index contributed by atoms with van der Waals surface area (Å²) in [4.78, 5) is 0. The molecule has 0 radical (unpaired) electrons. The lowest BCUT2D eigenvalue weighted by Crippen LogP contribution is -2.17. The van der Waals surface area contributed by atoms with Gasteiger partial charge in [-0.1, -0.05) is 0 Å². The van der Waals surface area contributed by atoms with Crippen LogP contribution in [0.2, 0.25) is 0 Å². The van der Waals surface area contributed by atoms with E-state index in [0.717, 1.165) is 0 Å². The molecule has 1 aliphatic carbocycles. The number of hydrogen-bond acceptors (Lipinski definition) is 3. The topological polar surface area (TPSA) is 71.4 Å². The minimum atomic E-state index is -6.22. The van der Waals surface area contributed by atoms with E-state index in [1.807, 2.05) is 0 Å². The Hall–Kier alpha value is -5.98. The SMILES string of the molecule is N#CC(=C1C(=C(\C#N)c2c(F)c(F)c(C(F)(F)F)c(F)c2F)/C1=C(\C#N)c1c(F)c(F)c(C(F)(F)F)c(F)c1F)c1c(F)c(F)c(F)c(F)c1F. The number of allylic oxidation sites excluding steroid dienone is 6. The maximum Gasteiger partial charge on any atom is 0.422 e. The first-order chi connectivity index (χ1) is 23.4. The molecule has 0 N–H and O–H groups in total. The molecule has 264 valence electrons. The smallest absolute Gasteiger partial charge is 0.203 e. The van der Waals surface area contributed by atoms with Gasteiger partial charge in [0, 0.05) is 16.7 Å². The van der Waals surface area contributed by atoms with Gasteiger partial charge in [-0.15, -0.1) is 0 Å². The number of alkyl halides is 6. The van der Waals surface area contributed by atoms with Gasteiger partial charge >= 0.3 is 12.4 Å². The molecule has 1 aliphatic rings. The van der Waals surface area contributed by atoms with Crippen molar-refractivity contribution in [3.63, 3.8) is 0 Å². The number of nitriles is 3. The first kappa shape index (κ1) is 37.8. The minimum Gasteiger partial charge on any atom is -0.203 e. The molecule has 4 rings (SSSR count). The number of halogens is 19. The molecular formula is C29F19N3. The molecule has 3 aromatic rings. The maximum atomic E-state index is 15.0. The van der Waals surface area contributed by atoms with E-state index in [4.69, 9.17) is 0 Å². The van der Waals surface area contributed by atoms with E-state index >= 15 is 0 Å². The molecule has 22 heteroatoms. The van der Waals surface area contributed by atoms with Gasteiger partial charge in [-0.3, -0.25) is 0 Å². The predicted molar refractivity (Wildman–Crippen MR) is 126 cm³/mol. The largest absolute Gasteiger partial charge is 0.422 e. The van der Waals surface area contributed by atoms with Crippen LogP contribution in [0.3, 0.4) is 0 Å². The average molecular weight is 751 g/mol. The second-order valence-electron chi connectivity index (χ2n) is 9.54. The van der Waals surface area contributed by atoms with Crippen LogP contribution in [0.1, 0.15) is 27.8 Å². The molecule has 0 aliphatic heterocycles. The van der Waals surface area contributed by atoms with Crippen molar-refractivity contribution < 1.29 is 83.4 Å². The first-order valence-electron chi connectivity index (χ1n) is 12.3. The van der Waals surface area contributed by atoms with Crippen molar-refractivity contribution in [2.24, 2.45) is 0 Å². The summed E-state index contributed by atoms with van der Waals surface area (Å²) in [6.07, 6.45) is -12.4. The van der Waals surface area contributed by atoms with Crippen molar-refractivity contribution in [2.75, 3.05) is 0 Å². The van der Waals surface area contributed by atoms with Crippen molar-refractivity contribution in [3.05, 3.63) is 120 Å². The standard InChI is InChI=1S/C29F19N3/c30-15-10(16(31)22(37)13(21(15)36)28(43,44)45)4(1-49)7-8(9(7)6(3-51)12-19(34)25(40)27(42)26(41)20(12)35)5(2-50)11-17(32)23(38)14(29(46,47)48)24(39)18(11)33/b7-4-,8-5+,9-6?. The van der Waals surface area contributed by atoms with Gasteiger partial charge in [0.1, 0.15) is 29.3 Å². The molecule has 1 fully saturated rings. The van der Waals surface area contributed by atoms with E-state index in [1.54, 1.807) is 0 Å². The highest BCUT2D eigenvalue weighted by Gasteiger charge is 2.49. The zero-order valence-electron chi connectivity index (χ0n) is 23.0. The molecular weight excluding hydrogens is 751 g/mol. The lowest BCUT2D eigenvalue weighted by molar-refractivity contribution is -0.144. The van der Waals surface area contributed by atoms with Crippen LogP contribution in [0.15, 0.2) is 16.7 Å². The summed E-state index contributed by atoms with van der Waals surface area (Å²) in [5.74, 6) is -40.4. The van der Waals surface area contributed by atoms with Crippen LogP contribution in [0.25, 0.3) is 16.7 Å². The monoisotopic (exact) mass is 751 g/mol. The molecule has 0 spiro atoms. The zero-order chi connectivity index (χ0) is 39.0. The summed E-state index contributed by atoms with van der Waals surface area (Å²) < 4.78 is 268. The van der Waals surface area contributed by atoms with Crippen LogP contribution in [0.4, 0.5) is 83.4 Å². The van der Waals surface area contributed by atoms with Crippen LogP contribution in [-0.4, -0.2) is 0 Å². The van der Waals surface area contributed by atoms with E-state index < -0.39 is 149 Å². The average Bonchev–Trinajstić information content (AvgIpc) is 3.75. The molecule has 1 saturated carbocycles. The lowest BCUT2D eigenvalue weighted by atomic mass is 9.98. The number of benzene rings is 3. The Bertz CT molecular complexity index is 2130. The van der Waals surface area contributed by atoms with E-state index in [1.165, 1.54) is 0 Å². The highest BCUT2D eigenvalue weighted by atomic mass is 19.4. The van der Waals surface area contributed by atoms with Gasteiger partial charge in [0.25, 0.3) is 0 Å². The third-order valence-corrected chi connectivity index (χ3v) is 6.83. The molecule has 0 atom stereocenters. The highest BCUT2D eigenvalue weighted by Crippen LogP contribution is 2.58. The van der Waals surface area contributed by atoms with Crippen LogP contribution in [0, 0.1) is 110 Å². The van der Waals surface area contributed by atoms with Crippen molar-refractivity contribution in [3.8, 4) is 18.2 Å². The quantitative estimate of drug-likeness (QED) is 0.116. The first-order valence-corrected chi connectivity index (χ1v) is 12.3. The molecule has 51 heavy (non-hydrogen) atoms. The van der Waals surface area contributed by atoms with E-state index in [2.05, 4.69) is 0 Å². The Morgan fingerprint density at radius 3 is 0.667 bits per heavy atom. The Labute approximate surface area is 267 Å². The van der Waals surface area contributed by atoms with Crippen LogP contribution >= 0.6 is 0 Å². The van der Waals surface area contributed by atoms with Crippen LogP contribution in [0.5, 0.6) is 0 Å². The van der Waals surface area contributed by atoms with Gasteiger partial charge in [0.05, 0.1) is 33.4 Å². The fourth-order valence-electron chi connectivity index (χ4n) is 4.67. The summed E-state index contributed by atoms with van der Waals surface area (Å²) in [6.45, 7) is 0. The summed E-state index contributed by atoms with van der Waals surface area (Å²) in [5.41, 5.74) is -26.0. The van der Waals surface area contributed by atoms with Crippen molar-refractivity contribution in [1.82, 2.24) is 0 Å². The Morgan fingerprint density at radius 2 is 0.490 bits per heavy atom. The molecule has 0 aromatic heterocycles. The van der Waals surface area contributed by atoms with Crippen molar-refractivity contribution in [2.45, 2.75) is 12.4 Å². The Balaban J connectivity index is 2.37. The fourth-order valence-corrected chi connectivity index (χ4v) is 4.67. The van der Waals surface area contributed by atoms with Crippen LogP contribution in [-0.2, 0) is 12.4 Å².